The standard InChI is InChI=1S/C14H26N4/c1-3-5-6-8-15-14-10-12-7-9-18(4-2)11-13(12)16-17-14/h10,12-13,15H,3-9,11H2,1-2H3. The Kier molecular flexibility index (Phi) is 5.17. The van der Waals surface area contributed by atoms with Crippen LogP contribution in [0.25, 0.3) is 0 Å². The minimum atomic E-state index is 0.389. The number of likely N-dealkylation sites (tertiary alicyclic amines) is 1. The molecular formula is C14H26N4. The Morgan fingerprint density at radius 3 is 3.06 bits per heavy atom. The van der Waals surface area contributed by atoms with Crippen LogP contribution in [0, 0.1) is 5.92 Å². The predicted molar refractivity (Wildman–Crippen MR) is 74.5 cm³/mol. The Hall–Kier alpha value is -0.900. The summed E-state index contributed by atoms with van der Waals surface area (Å²) in [6, 6.07) is 0.389. The minimum absolute atomic E-state index is 0.389. The molecule has 0 aromatic carbocycles. The maximum atomic E-state index is 4.48. The van der Waals surface area contributed by atoms with Gasteiger partial charge in [0, 0.05) is 19.0 Å². The predicted octanol–water partition coefficient (Wildman–Crippen LogP) is 2.78. The van der Waals surface area contributed by atoms with Crippen molar-refractivity contribution < 1.29 is 0 Å². The van der Waals surface area contributed by atoms with Gasteiger partial charge in [0.2, 0.25) is 0 Å². The zero-order chi connectivity index (χ0) is 12.8. The van der Waals surface area contributed by atoms with Crippen LogP contribution in [0.1, 0.15) is 39.5 Å². The topological polar surface area (TPSA) is 40.0 Å². The lowest BCUT2D eigenvalue weighted by Gasteiger charge is -2.35. The van der Waals surface area contributed by atoms with E-state index in [1.54, 1.807) is 0 Å². The maximum Gasteiger partial charge on any atom is 0.144 e. The Morgan fingerprint density at radius 2 is 2.28 bits per heavy atom. The van der Waals surface area contributed by atoms with Crippen molar-refractivity contribution in [1.29, 1.82) is 0 Å². The normalized spacial score (nSPS) is 27.8. The van der Waals surface area contributed by atoms with Gasteiger partial charge in [0.15, 0.2) is 0 Å². The lowest BCUT2D eigenvalue weighted by molar-refractivity contribution is 0.182. The molecule has 4 heteroatoms. The smallest absolute Gasteiger partial charge is 0.144 e. The van der Waals surface area contributed by atoms with Gasteiger partial charge in [0.1, 0.15) is 5.82 Å². The largest absolute Gasteiger partial charge is 0.369 e. The number of nitrogens with one attached hydrogen (secondary N) is 1. The monoisotopic (exact) mass is 250 g/mol. The molecule has 2 unspecified atom stereocenters. The van der Waals surface area contributed by atoms with Crippen molar-refractivity contribution in [3.63, 3.8) is 0 Å². The summed E-state index contributed by atoms with van der Waals surface area (Å²) in [5, 5.41) is 12.2. The minimum Gasteiger partial charge on any atom is -0.369 e. The molecule has 1 fully saturated rings. The molecule has 0 radical (unpaired) electrons. The molecule has 0 amide bonds. The third-order valence-electron chi connectivity index (χ3n) is 3.94. The first-order valence-corrected chi connectivity index (χ1v) is 7.42. The van der Waals surface area contributed by atoms with Gasteiger partial charge in [-0.2, -0.15) is 5.11 Å². The SMILES string of the molecule is CCCCCNC1=CC2CCN(CC)CC2N=N1. The summed E-state index contributed by atoms with van der Waals surface area (Å²) in [6.07, 6.45) is 7.30. The van der Waals surface area contributed by atoms with Gasteiger partial charge < -0.3 is 10.2 Å². The van der Waals surface area contributed by atoms with Gasteiger partial charge in [-0.3, -0.25) is 0 Å². The maximum absolute atomic E-state index is 4.48. The van der Waals surface area contributed by atoms with Crippen LogP contribution in [0.5, 0.6) is 0 Å². The van der Waals surface area contributed by atoms with Crippen molar-refractivity contribution in [3.8, 4) is 0 Å². The van der Waals surface area contributed by atoms with Crippen molar-refractivity contribution in [1.82, 2.24) is 10.2 Å². The van der Waals surface area contributed by atoms with E-state index in [0.717, 1.165) is 25.5 Å². The first kappa shape index (κ1) is 13.5. The second-order valence-electron chi connectivity index (χ2n) is 5.31. The zero-order valence-electron chi connectivity index (χ0n) is 11.7. The average Bonchev–Trinajstić information content (AvgIpc) is 2.43. The first-order chi connectivity index (χ1) is 8.83. The van der Waals surface area contributed by atoms with Gasteiger partial charge >= 0.3 is 0 Å². The van der Waals surface area contributed by atoms with E-state index in [-0.39, 0.29) is 0 Å². The molecule has 1 N–H and O–H groups in total. The van der Waals surface area contributed by atoms with Crippen LogP contribution in [0.2, 0.25) is 0 Å². The summed E-state index contributed by atoms with van der Waals surface area (Å²) in [6.45, 7) is 8.88. The van der Waals surface area contributed by atoms with Crippen molar-refractivity contribution in [2.24, 2.45) is 16.1 Å². The number of nitrogens with zero attached hydrogens (tertiary/aromatic N) is 3. The molecule has 1 saturated heterocycles. The molecule has 2 aliphatic rings. The summed E-state index contributed by atoms with van der Waals surface area (Å²) in [4.78, 5) is 2.47. The summed E-state index contributed by atoms with van der Waals surface area (Å²) < 4.78 is 0. The third-order valence-corrected chi connectivity index (χ3v) is 3.94. The van der Waals surface area contributed by atoms with Gasteiger partial charge in [-0.15, -0.1) is 5.11 Å². The molecule has 0 aromatic rings. The molecule has 2 rings (SSSR count). The van der Waals surface area contributed by atoms with E-state index in [9.17, 15) is 0 Å². The van der Waals surface area contributed by atoms with Crippen molar-refractivity contribution in [2.45, 2.75) is 45.6 Å². The number of hydrogen-bond donors (Lipinski definition) is 1. The zero-order valence-corrected chi connectivity index (χ0v) is 11.7. The van der Waals surface area contributed by atoms with E-state index >= 15 is 0 Å². The third kappa shape index (κ3) is 3.55. The van der Waals surface area contributed by atoms with Crippen LogP contribution < -0.4 is 5.32 Å². The Bertz CT molecular complexity index is 311. The number of fused-ring (bicyclic) bond motifs is 1. The highest BCUT2D eigenvalue weighted by Gasteiger charge is 2.29. The molecule has 0 aliphatic carbocycles. The quantitative estimate of drug-likeness (QED) is 0.736. The van der Waals surface area contributed by atoms with Crippen molar-refractivity contribution in [2.75, 3.05) is 26.2 Å². The van der Waals surface area contributed by atoms with Gasteiger partial charge in [-0.1, -0.05) is 26.7 Å². The van der Waals surface area contributed by atoms with Gasteiger partial charge in [-0.05, 0) is 32.0 Å². The van der Waals surface area contributed by atoms with Crippen LogP contribution in [0.3, 0.4) is 0 Å². The number of hydrogen-bond acceptors (Lipinski definition) is 4. The lowest BCUT2D eigenvalue weighted by atomic mass is 9.91. The summed E-state index contributed by atoms with van der Waals surface area (Å²) >= 11 is 0. The molecule has 2 heterocycles. The Balaban J connectivity index is 1.79. The molecule has 0 bridgehead atoms. The summed E-state index contributed by atoms with van der Waals surface area (Å²) in [7, 11) is 0. The summed E-state index contributed by atoms with van der Waals surface area (Å²) in [5.41, 5.74) is 0. The van der Waals surface area contributed by atoms with Crippen molar-refractivity contribution in [3.05, 3.63) is 11.9 Å². The van der Waals surface area contributed by atoms with E-state index in [1.807, 2.05) is 0 Å². The lowest BCUT2D eigenvalue weighted by Crippen LogP contribution is -2.43. The van der Waals surface area contributed by atoms with Gasteiger partial charge in [0.25, 0.3) is 0 Å². The fraction of sp³-hybridized carbons (Fsp3) is 0.857. The van der Waals surface area contributed by atoms with Crippen LogP contribution in [0.4, 0.5) is 0 Å². The van der Waals surface area contributed by atoms with Crippen LogP contribution in [0.15, 0.2) is 22.1 Å². The number of azo groups is 1. The van der Waals surface area contributed by atoms with Gasteiger partial charge in [0.05, 0.1) is 6.04 Å². The molecule has 18 heavy (non-hydrogen) atoms. The fourth-order valence-corrected chi connectivity index (χ4v) is 2.68. The molecule has 4 nitrogen and oxygen atoms in total. The van der Waals surface area contributed by atoms with E-state index in [0.29, 0.717) is 12.0 Å². The molecule has 0 spiro atoms. The fourth-order valence-electron chi connectivity index (χ4n) is 2.68. The number of likely N-dealkylation sites (N-methyl/N-ethyl adjacent to an activating group) is 1. The highest BCUT2D eigenvalue weighted by atomic mass is 15.3. The number of rotatable bonds is 6. The van der Waals surface area contributed by atoms with E-state index < -0.39 is 0 Å². The average molecular weight is 250 g/mol. The molecular weight excluding hydrogens is 224 g/mol. The van der Waals surface area contributed by atoms with Crippen LogP contribution in [-0.2, 0) is 0 Å². The molecule has 2 aliphatic heterocycles. The number of piperidine rings is 1. The summed E-state index contributed by atoms with van der Waals surface area (Å²) in [5.74, 6) is 1.59. The second-order valence-corrected chi connectivity index (χ2v) is 5.31. The Labute approximate surface area is 111 Å². The first-order valence-electron chi connectivity index (χ1n) is 7.42. The van der Waals surface area contributed by atoms with Crippen molar-refractivity contribution >= 4 is 0 Å². The Morgan fingerprint density at radius 1 is 1.39 bits per heavy atom. The van der Waals surface area contributed by atoms with Crippen LogP contribution >= 0.6 is 0 Å². The number of unbranched alkanes of at least 4 members (excludes halogenated alkanes) is 2. The highest BCUT2D eigenvalue weighted by Crippen LogP contribution is 2.26. The molecule has 102 valence electrons. The molecule has 0 aromatic heterocycles. The van der Waals surface area contributed by atoms with Gasteiger partial charge in [-0.25, -0.2) is 0 Å². The second kappa shape index (κ2) is 6.88. The molecule has 2 atom stereocenters. The molecule has 0 saturated carbocycles. The van der Waals surface area contributed by atoms with Crippen LogP contribution in [-0.4, -0.2) is 37.1 Å². The highest BCUT2D eigenvalue weighted by molar-refractivity contribution is 5.08. The van der Waals surface area contributed by atoms with E-state index in [2.05, 4.69) is 40.4 Å². The van der Waals surface area contributed by atoms with E-state index in [1.165, 1.54) is 32.2 Å². The van der Waals surface area contributed by atoms with E-state index in [4.69, 9.17) is 0 Å².